The largest absolute Gasteiger partial charge is 0.390 e. The quantitative estimate of drug-likeness (QED) is 0.722. The lowest BCUT2D eigenvalue weighted by Gasteiger charge is -2.41. The standard InChI is InChI=1S/C11H21NO3S/c1-11(2)4-3-5-12(8-11)9-6-16(14,15)7-10(9)13/h9-10,13H,3-8H2,1-2H3. The Kier molecular flexibility index (Phi) is 3.05. The molecule has 0 aromatic rings. The molecule has 2 aliphatic heterocycles. The SMILES string of the molecule is CC1(C)CCCN(C2CS(=O)(=O)CC2O)C1. The van der Waals surface area contributed by atoms with Crippen LogP contribution in [0, 0.1) is 5.41 Å². The number of nitrogens with zero attached hydrogens (tertiary/aromatic N) is 1. The molecule has 2 fully saturated rings. The summed E-state index contributed by atoms with van der Waals surface area (Å²) in [5.74, 6) is 0.0683. The van der Waals surface area contributed by atoms with E-state index in [1.165, 1.54) is 6.42 Å². The fourth-order valence-electron chi connectivity index (χ4n) is 2.91. The Labute approximate surface area is 97.6 Å². The number of hydrogen-bond donors (Lipinski definition) is 1. The summed E-state index contributed by atoms with van der Waals surface area (Å²) < 4.78 is 22.9. The number of aliphatic hydroxyl groups excluding tert-OH is 1. The molecular formula is C11H21NO3S. The summed E-state index contributed by atoms with van der Waals surface area (Å²) in [6.07, 6.45) is 1.58. The van der Waals surface area contributed by atoms with Crippen LogP contribution in [0.1, 0.15) is 26.7 Å². The first kappa shape index (κ1) is 12.3. The van der Waals surface area contributed by atoms with E-state index in [9.17, 15) is 13.5 Å². The predicted octanol–water partition coefficient (Wildman–Crippen LogP) is 0.266. The molecule has 2 heterocycles. The lowest BCUT2D eigenvalue weighted by atomic mass is 9.83. The van der Waals surface area contributed by atoms with Gasteiger partial charge in [0.2, 0.25) is 0 Å². The van der Waals surface area contributed by atoms with E-state index in [4.69, 9.17) is 0 Å². The van der Waals surface area contributed by atoms with E-state index in [1.807, 2.05) is 0 Å². The van der Waals surface area contributed by atoms with Crippen LogP contribution in [0.15, 0.2) is 0 Å². The zero-order valence-corrected chi connectivity index (χ0v) is 10.8. The van der Waals surface area contributed by atoms with Crippen LogP contribution in [-0.4, -0.2) is 55.2 Å². The number of likely N-dealkylation sites (tertiary alicyclic amines) is 1. The monoisotopic (exact) mass is 247 g/mol. The average Bonchev–Trinajstić information content (AvgIpc) is 2.38. The number of rotatable bonds is 1. The molecule has 0 spiro atoms. The molecule has 4 nitrogen and oxygen atoms in total. The average molecular weight is 247 g/mol. The van der Waals surface area contributed by atoms with Crippen molar-refractivity contribution in [2.24, 2.45) is 5.41 Å². The van der Waals surface area contributed by atoms with Crippen molar-refractivity contribution in [3.05, 3.63) is 0 Å². The third kappa shape index (κ3) is 2.57. The highest BCUT2D eigenvalue weighted by atomic mass is 32.2. The Morgan fingerprint density at radius 2 is 2.00 bits per heavy atom. The molecule has 16 heavy (non-hydrogen) atoms. The van der Waals surface area contributed by atoms with E-state index in [-0.39, 0.29) is 23.0 Å². The zero-order chi connectivity index (χ0) is 12.0. The van der Waals surface area contributed by atoms with Crippen LogP contribution in [0.25, 0.3) is 0 Å². The summed E-state index contributed by atoms with van der Waals surface area (Å²) in [4.78, 5) is 2.17. The van der Waals surface area contributed by atoms with Gasteiger partial charge in [-0.1, -0.05) is 13.8 Å². The molecule has 2 atom stereocenters. The van der Waals surface area contributed by atoms with Crippen LogP contribution in [0.5, 0.6) is 0 Å². The molecule has 0 aromatic carbocycles. The lowest BCUT2D eigenvalue weighted by molar-refractivity contribution is 0.0308. The molecule has 2 rings (SSSR count). The van der Waals surface area contributed by atoms with Gasteiger partial charge in [-0.05, 0) is 24.8 Å². The summed E-state index contributed by atoms with van der Waals surface area (Å²) in [5.41, 5.74) is 0.240. The minimum atomic E-state index is -3.02. The molecule has 0 bridgehead atoms. The fraction of sp³-hybridized carbons (Fsp3) is 1.00. The fourth-order valence-corrected chi connectivity index (χ4v) is 4.74. The normalized spacial score (nSPS) is 38.7. The topological polar surface area (TPSA) is 57.6 Å². The summed E-state index contributed by atoms with van der Waals surface area (Å²) in [7, 11) is -3.02. The van der Waals surface area contributed by atoms with E-state index in [0.29, 0.717) is 0 Å². The second kappa shape index (κ2) is 3.96. The number of aliphatic hydroxyl groups is 1. The van der Waals surface area contributed by atoms with E-state index >= 15 is 0 Å². The third-order valence-electron chi connectivity index (χ3n) is 3.69. The van der Waals surface area contributed by atoms with Gasteiger partial charge >= 0.3 is 0 Å². The van der Waals surface area contributed by atoms with Crippen molar-refractivity contribution >= 4 is 9.84 Å². The second-order valence-corrected chi connectivity index (χ2v) is 8.10. The first-order chi connectivity index (χ1) is 7.29. The molecule has 5 heteroatoms. The van der Waals surface area contributed by atoms with Gasteiger partial charge in [-0.25, -0.2) is 8.42 Å². The molecule has 0 aliphatic carbocycles. The maximum Gasteiger partial charge on any atom is 0.154 e. The van der Waals surface area contributed by atoms with Gasteiger partial charge in [0.15, 0.2) is 9.84 Å². The van der Waals surface area contributed by atoms with Crippen LogP contribution in [0.2, 0.25) is 0 Å². The molecule has 0 amide bonds. The van der Waals surface area contributed by atoms with E-state index in [1.54, 1.807) is 0 Å². The van der Waals surface area contributed by atoms with E-state index in [2.05, 4.69) is 18.7 Å². The van der Waals surface area contributed by atoms with Gasteiger partial charge < -0.3 is 5.11 Å². The van der Waals surface area contributed by atoms with Crippen LogP contribution in [0.4, 0.5) is 0 Å². The Balaban J connectivity index is 2.08. The van der Waals surface area contributed by atoms with Gasteiger partial charge in [0.25, 0.3) is 0 Å². The smallest absolute Gasteiger partial charge is 0.154 e. The number of piperidine rings is 1. The van der Waals surface area contributed by atoms with Gasteiger partial charge in [-0.2, -0.15) is 0 Å². The minimum absolute atomic E-state index is 0.0609. The van der Waals surface area contributed by atoms with Gasteiger partial charge in [0.05, 0.1) is 23.7 Å². The molecule has 2 aliphatic rings. The number of sulfone groups is 1. The van der Waals surface area contributed by atoms with Crippen molar-refractivity contribution in [1.29, 1.82) is 0 Å². The minimum Gasteiger partial charge on any atom is -0.390 e. The molecular weight excluding hydrogens is 226 g/mol. The Hall–Kier alpha value is -0.130. The lowest BCUT2D eigenvalue weighted by Crippen LogP contribution is -2.50. The Morgan fingerprint density at radius 1 is 1.31 bits per heavy atom. The highest BCUT2D eigenvalue weighted by molar-refractivity contribution is 7.91. The molecule has 2 saturated heterocycles. The first-order valence-corrected chi connectivity index (χ1v) is 7.74. The molecule has 0 radical (unpaired) electrons. The van der Waals surface area contributed by atoms with Crippen molar-refractivity contribution in [1.82, 2.24) is 4.90 Å². The molecule has 0 saturated carbocycles. The molecule has 1 N–H and O–H groups in total. The van der Waals surface area contributed by atoms with Gasteiger partial charge in [0, 0.05) is 6.54 Å². The Morgan fingerprint density at radius 3 is 2.50 bits per heavy atom. The second-order valence-electron chi connectivity index (χ2n) is 5.95. The molecule has 94 valence electrons. The zero-order valence-electron chi connectivity index (χ0n) is 10.0. The maximum absolute atomic E-state index is 11.5. The van der Waals surface area contributed by atoms with Gasteiger partial charge in [0.1, 0.15) is 0 Å². The van der Waals surface area contributed by atoms with Crippen molar-refractivity contribution in [2.75, 3.05) is 24.6 Å². The van der Waals surface area contributed by atoms with E-state index < -0.39 is 15.9 Å². The third-order valence-corrected chi connectivity index (χ3v) is 5.39. The van der Waals surface area contributed by atoms with Crippen LogP contribution in [-0.2, 0) is 9.84 Å². The Bertz CT molecular complexity index is 363. The molecule has 2 unspecified atom stereocenters. The van der Waals surface area contributed by atoms with E-state index in [0.717, 1.165) is 19.5 Å². The van der Waals surface area contributed by atoms with Gasteiger partial charge in [-0.15, -0.1) is 0 Å². The highest BCUT2D eigenvalue weighted by Crippen LogP contribution is 2.31. The van der Waals surface area contributed by atoms with Crippen LogP contribution < -0.4 is 0 Å². The van der Waals surface area contributed by atoms with Crippen molar-refractivity contribution in [3.8, 4) is 0 Å². The summed E-state index contributed by atoms with van der Waals surface area (Å²) in [6, 6.07) is -0.176. The summed E-state index contributed by atoms with van der Waals surface area (Å²) in [5, 5.41) is 9.83. The highest BCUT2D eigenvalue weighted by Gasteiger charge is 2.42. The molecule has 0 aromatic heterocycles. The summed E-state index contributed by atoms with van der Waals surface area (Å²) in [6.45, 7) is 6.22. The van der Waals surface area contributed by atoms with Crippen LogP contribution >= 0.6 is 0 Å². The van der Waals surface area contributed by atoms with Crippen molar-refractivity contribution < 1.29 is 13.5 Å². The predicted molar refractivity (Wildman–Crippen MR) is 63.0 cm³/mol. The van der Waals surface area contributed by atoms with Crippen LogP contribution in [0.3, 0.4) is 0 Å². The number of hydrogen-bond acceptors (Lipinski definition) is 4. The summed E-state index contributed by atoms with van der Waals surface area (Å²) >= 11 is 0. The van der Waals surface area contributed by atoms with Crippen molar-refractivity contribution in [2.45, 2.75) is 38.8 Å². The van der Waals surface area contributed by atoms with Crippen molar-refractivity contribution in [3.63, 3.8) is 0 Å². The maximum atomic E-state index is 11.5. The van der Waals surface area contributed by atoms with Gasteiger partial charge in [-0.3, -0.25) is 4.90 Å². The first-order valence-electron chi connectivity index (χ1n) is 5.92.